The van der Waals surface area contributed by atoms with Gasteiger partial charge in [-0.2, -0.15) is 0 Å². The minimum Gasteiger partial charge on any atom is -0.550 e. The Morgan fingerprint density at radius 2 is 1.18 bits per heavy atom. The fourth-order valence-corrected chi connectivity index (χ4v) is 1.37. The summed E-state index contributed by atoms with van der Waals surface area (Å²) in [5, 5.41) is 19.8. The number of aliphatic carboxylic acids is 2. The second-order valence-corrected chi connectivity index (χ2v) is 4.28. The van der Waals surface area contributed by atoms with Crippen molar-refractivity contribution in [3.8, 4) is 0 Å². The van der Waals surface area contributed by atoms with E-state index in [0.29, 0.717) is 12.8 Å². The fourth-order valence-electron chi connectivity index (χ4n) is 1.37. The molecule has 0 aromatic carbocycles. The SMILES string of the molecule is O=C([O-])CCCCCCC(=O)[O-].c1c[nH+]c[nH]1.c1c[nH+]c[nH]1. The monoisotopic (exact) mass is 310 g/mol. The first-order valence-corrected chi connectivity index (χ1v) is 7.00. The van der Waals surface area contributed by atoms with Gasteiger partial charge in [-0.25, -0.2) is 0 Å². The Bertz CT molecular complexity index is 378. The van der Waals surface area contributed by atoms with Crippen molar-refractivity contribution in [3.63, 3.8) is 0 Å². The molecule has 0 saturated heterocycles. The highest BCUT2D eigenvalue weighted by Gasteiger charge is 1.91. The van der Waals surface area contributed by atoms with Gasteiger partial charge >= 0.3 is 0 Å². The van der Waals surface area contributed by atoms with Crippen molar-refractivity contribution in [2.24, 2.45) is 0 Å². The highest BCUT2D eigenvalue weighted by atomic mass is 16.4. The predicted octanol–water partition coefficient (Wildman–Crippen LogP) is -1.52. The van der Waals surface area contributed by atoms with E-state index < -0.39 is 11.9 Å². The van der Waals surface area contributed by atoms with E-state index in [4.69, 9.17) is 0 Å². The van der Waals surface area contributed by atoms with Gasteiger partial charge in [-0.05, 0) is 25.7 Å². The third-order valence-electron chi connectivity index (χ3n) is 2.40. The maximum Gasteiger partial charge on any atom is 0.239 e. The van der Waals surface area contributed by atoms with Crippen LogP contribution >= 0.6 is 0 Å². The molecule has 2 aromatic rings. The van der Waals surface area contributed by atoms with Crippen LogP contribution in [-0.2, 0) is 9.59 Å². The molecule has 2 aromatic heterocycles. The lowest BCUT2D eigenvalue weighted by atomic mass is 10.1. The molecule has 0 bridgehead atoms. The van der Waals surface area contributed by atoms with Crippen molar-refractivity contribution in [1.82, 2.24) is 9.97 Å². The lowest BCUT2D eigenvalue weighted by molar-refractivity contribution is -0.376. The van der Waals surface area contributed by atoms with Crippen molar-refractivity contribution >= 4 is 11.9 Å². The molecule has 0 aliphatic rings. The van der Waals surface area contributed by atoms with Gasteiger partial charge < -0.3 is 19.8 Å². The minimum absolute atomic E-state index is 0.0608. The Morgan fingerprint density at radius 1 is 0.773 bits per heavy atom. The first kappa shape index (κ1) is 19.4. The van der Waals surface area contributed by atoms with Gasteiger partial charge in [-0.15, -0.1) is 0 Å². The van der Waals surface area contributed by atoms with Crippen LogP contribution in [0.5, 0.6) is 0 Å². The van der Waals surface area contributed by atoms with Crippen molar-refractivity contribution in [3.05, 3.63) is 37.4 Å². The first-order chi connectivity index (χ1) is 10.6. The van der Waals surface area contributed by atoms with Crippen molar-refractivity contribution in [2.45, 2.75) is 38.5 Å². The molecule has 2 rings (SSSR count). The number of carbonyl (C=O) groups excluding carboxylic acids is 2. The van der Waals surface area contributed by atoms with Gasteiger partial charge in [-0.1, -0.05) is 12.8 Å². The number of nitrogens with one attached hydrogen (secondary N) is 4. The number of aromatic amines is 4. The fraction of sp³-hybridized carbons (Fsp3) is 0.429. The van der Waals surface area contributed by atoms with Gasteiger partial charge in [0.25, 0.3) is 0 Å². The molecular formula is C14H22N4O4. The third-order valence-corrected chi connectivity index (χ3v) is 2.40. The summed E-state index contributed by atoms with van der Waals surface area (Å²) >= 11 is 0. The van der Waals surface area contributed by atoms with Crippen LogP contribution in [-0.4, -0.2) is 21.9 Å². The van der Waals surface area contributed by atoms with E-state index in [9.17, 15) is 19.8 Å². The predicted molar refractivity (Wildman–Crippen MR) is 72.4 cm³/mol. The lowest BCUT2D eigenvalue weighted by Gasteiger charge is -2.02. The second kappa shape index (κ2) is 14.8. The molecule has 8 heteroatoms. The van der Waals surface area contributed by atoms with Crippen LogP contribution in [0.1, 0.15) is 38.5 Å². The average Bonchev–Trinajstić information content (AvgIpc) is 3.20. The minimum atomic E-state index is -1.05. The van der Waals surface area contributed by atoms with Gasteiger partial charge in [0.2, 0.25) is 12.7 Å². The standard InChI is InChI=1S/C8H14O4.2C3H4N2/c9-7(10)5-3-1-2-4-6-8(11)12;2*1-2-5-3-4-1/h1-6H2,(H,9,10)(H,11,12);2*1-3H,(H,4,5). The molecule has 0 amide bonds. The smallest absolute Gasteiger partial charge is 0.239 e. The number of aromatic nitrogens is 4. The Labute approximate surface area is 128 Å². The van der Waals surface area contributed by atoms with Gasteiger partial charge in [-0.3, -0.25) is 19.9 Å². The van der Waals surface area contributed by atoms with Crippen LogP contribution < -0.4 is 20.2 Å². The Hall–Kier alpha value is -2.64. The molecule has 2 heterocycles. The zero-order valence-electron chi connectivity index (χ0n) is 12.3. The molecule has 0 aliphatic carbocycles. The molecule has 0 radical (unpaired) electrons. The molecule has 4 N–H and O–H groups in total. The zero-order valence-corrected chi connectivity index (χ0v) is 12.3. The molecular weight excluding hydrogens is 288 g/mol. The molecule has 0 aliphatic heterocycles. The Balaban J connectivity index is 0.000000355. The number of hydrogen-bond acceptors (Lipinski definition) is 4. The summed E-state index contributed by atoms with van der Waals surface area (Å²) in [4.78, 5) is 31.1. The number of hydrogen-bond donors (Lipinski definition) is 2. The van der Waals surface area contributed by atoms with Crippen molar-refractivity contribution in [2.75, 3.05) is 0 Å². The summed E-state index contributed by atoms with van der Waals surface area (Å²) < 4.78 is 0. The molecule has 22 heavy (non-hydrogen) atoms. The topological polar surface area (TPSA) is 140 Å². The second-order valence-electron chi connectivity index (χ2n) is 4.28. The van der Waals surface area contributed by atoms with Gasteiger partial charge in [0, 0.05) is 11.9 Å². The highest BCUT2D eigenvalue weighted by molar-refractivity contribution is 5.64. The summed E-state index contributed by atoms with van der Waals surface area (Å²) in [5.74, 6) is -2.09. The summed E-state index contributed by atoms with van der Waals surface area (Å²) in [7, 11) is 0. The van der Waals surface area contributed by atoms with E-state index >= 15 is 0 Å². The van der Waals surface area contributed by atoms with Crippen LogP contribution in [0, 0.1) is 0 Å². The number of carboxylic acids is 2. The quantitative estimate of drug-likeness (QED) is 0.599. The Morgan fingerprint density at radius 3 is 1.36 bits per heavy atom. The van der Waals surface area contributed by atoms with Crippen LogP contribution in [0.3, 0.4) is 0 Å². The van der Waals surface area contributed by atoms with E-state index in [2.05, 4.69) is 19.9 Å². The van der Waals surface area contributed by atoms with Crippen LogP contribution in [0.25, 0.3) is 0 Å². The maximum absolute atomic E-state index is 9.92. The van der Waals surface area contributed by atoms with Crippen LogP contribution in [0.4, 0.5) is 0 Å². The summed E-state index contributed by atoms with van der Waals surface area (Å²) in [6, 6.07) is 0. The largest absolute Gasteiger partial charge is 0.550 e. The highest BCUT2D eigenvalue weighted by Crippen LogP contribution is 2.03. The Kier molecular flexibility index (Phi) is 13.0. The van der Waals surface area contributed by atoms with E-state index in [1.165, 1.54) is 0 Å². The van der Waals surface area contributed by atoms with E-state index in [1.807, 2.05) is 24.8 Å². The molecule has 122 valence electrons. The van der Waals surface area contributed by atoms with E-state index in [1.54, 1.807) is 12.7 Å². The molecule has 0 unspecified atom stereocenters. The molecule has 8 nitrogen and oxygen atoms in total. The summed E-state index contributed by atoms with van der Waals surface area (Å²) in [5.41, 5.74) is 0. The molecule has 0 fully saturated rings. The van der Waals surface area contributed by atoms with Crippen LogP contribution in [0.15, 0.2) is 37.4 Å². The third kappa shape index (κ3) is 17.4. The summed E-state index contributed by atoms with van der Waals surface area (Å²) in [6.45, 7) is 0. The molecule has 0 spiro atoms. The summed E-state index contributed by atoms with van der Waals surface area (Å²) in [6.07, 6.45) is 13.5. The molecule has 0 atom stereocenters. The van der Waals surface area contributed by atoms with Crippen molar-refractivity contribution in [1.29, 1.82) is 0 Å². The number of carboxylic acid groups (broad SMARTS) is 2. The normalized spacial score (nSPS) is 8.91. The number of imidazole rings is 2. The zero-order chi connectivity index (χ0) is 16.5. The van der Waals surface area contributed by atoms with Gasteiger partial charge in [0.1, 0.15) is 24.8 Å². The van der Waals surface area contributed by atoms with E-state index in [-0.39, 0.29) is 12.8 Å². The molecule has 0 saturated carbocycles. The van der Waals surface area contributed by atoms with Crippen molar-refractivity contribution < 1.29 is 29.8 Å². The van der Waals surface area contributed by atoms with Crippen LogP contribution in [0.2, 0.25) is 0 Å². The maximum atomic E-state index is 9.92. The number of carbonyl (C=O) groups is 2. The number of H-pyrrole nitrogens is 4. The lowest BCUT2D eigenvalue weighted by Crippen LogP contribution is -2.22. The number of rotatable bonds is 7. The van der Waals surface area contributed by atoms with E-state index in [0.717, 1.165) is 12.8 Å². The average molecular weight is 310 g/mol. The van der Waals surface area contributed by atoms with Gasteiger partial charge in [0.05, 0.1) is 0 Å². The first-order valence-electron chi connectivity index (χ1n) is 7.00. The number of unbranched alkanes of at least 4 members (excludes halogenated alkanes) is 3. The van der Waals surface area contributed by atoms with Gasteiger partial charge in [0.15, 0.2) is 0 Å².